The molecule has 13 heavy (non-hydrogen) atoms. The normalized spacial score (nSPS) is 12.9. The van der Waals surface area contributed by atoms with E-state index in [0.717, 1.165) is 12.0 Å². The van der Waals surface area contributed by atoms with Gasteiger partial charge in [-0.2, -0.15) is 0 Å². The first kappa shape index (κ1) is 9.86. The van der Waals surface area contributed by atoms with Crippen LogP contribution in [0, 0.1) is 5.92 Å². The Kier molecular flexibility index (Phi) is 3.14. The fourth-order valence-corrected chi connectivity index (χ4v) is 1.06. The number of hydrogen-bond donors (Lipinski definition) is 1. The van der Waals surface area contributed by atoms with Crippen molar-refractivity contribution in [1.82, 2.24) is 4.98 Å². The first-order chi connectivity index (χ1) is 6.15. The fourth-order valence-electron chi connectivity index (χ4n) is 1.06. The van der Waals surface area contributed by atoms with Crippen LogP contribution in [0.1, 0.15) is 36.1 Å². The molecule has 1 aromatic heterocycles. The van der Waals surface area contributed by atoms with E-state index in [1.165, 1.54) is 0 Å². The number of carbonyl (C=O) groups excluding carboxylic acids is 1. The van der Waals surface area contributed by atoms with Crippen LogP contribution in [-0.4, -0.2) is 11.3 Å². The number of nitrogens with zero attached hydrogens (tertiary/aromatic N) is 1. The molecule has 1 rings (SSSR count). The van der Waals surface area contributed by atoms with Gasteiger partial charge in [0.05, 0.1) is 5.69 Å². The van der Waals surface area contributed by atoms with Gasteiger partial charge in [0.15, 0.2) is 6.29 Å². The summed E-state index contributed by atoms with van der Waals surface area (Å²) >= 11 is 0. The number of pyridine rings is 1. The lowest BCUT2D eigenvalue weighted by molar-refractivity contribution is 0.111. The molecule has 3 heteroatoms. The largest absolute Gasteiger partial charge is 0.322 e. The van der Waals surface area contributed by atoms with Crippen LogP contribution < -0.4 is 5.73 Å². The molecule has 0 bridgehead atoms. The third-order valence-electron chi connectivity index (χ3n) is 1.97. The summed E-state index contributed by atoms with van der Waals surface area (Å²) in [4.78, 5) is 14.6. The molecular formula is C10H14N2O. The molecular weight excluding hydrogens is 164 g/mol. The van der Waals surface area contributed by atoms with E-state index in [4.69, 9.17) is 5.73 Å². The predicted octanol–water partition coefficient (Wildman–Crippen LogP) is 1.55. The van der Waals surface area contributed by atoms with Crippen molar-refractivity contribution in [3.05, 3.63) is 29.6 Å². The molecule has 0 aromatic carbocycles. The monoisotopic (exact) mass is 178 g/mol. The van der Waals surface area contributed by atoms with Gasteiger partial charge in [0.25, 0.3) is 0 Å². The highest BCUT2D eigenvalue weighted by atomic mass is 16.1. The van der Waals surface area contributed by atoms with Gasteiger partial charge in [0.2, 0.25) is 0 Å². The minimum absolute atomic E-state index is 0.0973. The van der Waals surface area contributed by atoms with Crippen LogP contribution in [0.4, 0.5) is 0 Å². The van der Waals surface area contributed by atoms with Crippen LogP contribution in [0.5, 0.6) is 0 Å². The van der Waals surface area contributed by atoms with Gasteiger partial charge in [-0.25, -0.2) is 4.98 Å². The van der Waals surface area contributed by atoms with Crippen molar-refractivity contribution in [3.8, 4) is 0 Å². The Morgan fingerprint density at radius 2 is 2.15 bits per heavy atom. The number of aldehydes is 1. The number of nitrogens with two attached hydrogens (primary N) is 1. The second-order valence-corrected chi connectivity index (χ2v) is 3.37. The van der Waals surface area contributed by atoms with E-state index in [2.05, 4.69) is 4.98 Å². The van der Waals surface area contributed by atoms with Gasteiger partial charge in [-0.3, -0.25) is 4.79 Å². The summed E-state index contributed by atoms with van der Waals surface area (Å²) in [6, 6.07) is 5.22. The standard InChI is InChI=1S/C10H14N2O/c1-7(2)10(11)9-5-3-4-8(6-13)12-9/h3-7,10H,11H2,1-2H3/t10-/m0/s1. The lowest BCUT2D eigenvalue weighted by Crippen LogP contribution is -2.18. The highest BCUT2D eigenvalue weighted by Gasteiger charge is 2.11. The summed E-state index contributed by atoms with van der Waals surface area (Å²) in [5, 5.41) is 0. The third-order valence-corrected chi connectivity index (χ3v) is 1.97. The molecule has 0 fully saturated rings. The topological polar surface area (TPSA) is 56.0 Å². The molecule has 70 valence electrons. The lowest BCUT2D eigenvalue weighted by atomic mass is 10.0. The van der Waals surface area contributed by atoms with E-state index < -0.39 is 0 Å². The Hall–Kier alpha value is -1.22. The van der Waals surface area contributed by atoms with E-state index in [1.54, 1.807) is 12.1 Å². The van der Waals surface area contributed by atoms with E-state index in [-0.39, 0.29) is 6.04 Å². The maximum Gasteiger partial charge on any atom is 0.168 e. The maximum atomic E-state index is 10.4. The molecule has 0 saturated heterocycles. The van der Waals surface area contributed by atoms with E-state index in [9.17, 15) is 4.79 Å². The molecule has 0 amide bonds. The van der Waals surface area contributed by atoms with Gasteiger partial charge >= 0.3 is 0 Å². The van der Waals surface area contributed by atoms with Gasteiger partial charge in [-0.05, 0) is 18.1 Å². The Morgan fingerprint density at radius 1 is 1.46 bits per heavy atom. The van der Waals surface area contributed by atoms with E-state index >= 15 is 0 Å². The zero-order valence-electron chi connectivity index (χ0n) is 7.90. The van der Waals surface area contributed by atoms with Crippen LogP contribution in [-0.2, 0) is 0 Å². The zero-order valence-corrected chi connectivity index (χ0v) is 7.90. The first-order valence-corrected chi connectivity index (χ1v) is 4.33. The average Bonchev–Trinajstić information content (AvgIpc) is 2.16. The Balaban J connectivity index is 2.94. The van der Waals surface area contributed by atoms with E-state index in [1.807, 2.05) is 19.9 Å². The molecule has 0 unspecified atom stereocenters. The zero-order chi connectivity index (χ0) is 9.84. The predicted molar refractivity (Wildman–Crippen MR) is 51.4 cm³/mol. The van der Waals surface area contributed by atoms with Crippen LogP contribution in [0.3, 0.4) is 0 Å². The van der Waals surface area contributed by atoms with Crippen molar-refractivity contribution in [1.29, 1.82) is 0 Å². The number of carbonyl (C=O) groups is 1. The Morgan fingerprint density at radius 3 is 2.69 bits per heavy atom. The van der Waals surface area contributed by atoms with Gasteiger partial charge in [-0.1, -0.05) is 19.9 Å². The molecule has 1 aromatic rings. The lowest BCUT2D eigenvalue weighted by Gasteiger charge is -2.14. The minimum atomic E-state index is -0.0973. The van der Waals surface area contributed by atoms with Crippen molar-refractivity contribution in [2.24, 2.45) is 11.7 Å². The molecule has 3 nitrogen and oxygen atoms in total. The van der Waals surface area contributed by atoms with Gasteiger partial charge in [0, 0.05) is 6.04 Å². The minimum Gasteiger partial charge on any atom is -0.322 e. The Bertz CT molecular complexity index is 297. The SMILES string of the molecule is CC(C)[C@H](N)c1cccc(C=O)n1. The molecule has 0 aliphatic heterocycles. The summed E-state index contributed by atoms with van der Waals surface area (Å²) in [5.74, 6) is 0.328. The smallest absolute Gasteiger partial charge is 0.168 e. The molecule has 1 atom stereocenters. The molecule has 2 N–H and O–H groups in total. The third kappa shape index (κ3) is 2.36. The number of rotatable bonds is 3. The van der Waals surface area contributed by atoms with Gasteiger partial charge < -0.3 is 5.73 Å². The average molecular weight is 178 g/mol. The Labute approximate surface area is 78.0 Å². The van der Waals surface area contributed by atoms with E-state index in [0.29, 0.717) is 11.6 Å². The summed E-state index contributed by atoms with van der Waals surface area (Å²) in [6.45, 7) is 4.06. The van der Waals surface area contributed by atoms with Gasteiger partial charge in [-0.15, -0.1) is 0 Å². The van der Waals surface area contributed by atoms with Crippen LogP contribution in [0.15, 0.2) is 18.2 Å². The number of aromatic nitrogens is 1. The molecule has 0 aliphatic carbocycles. The molecule has 1 heterocycles. The fraction of sp³-hybridized carbons (Fsp3) is 0.400. The quantitative estimate of drug-likeness (QED) is 0.714. The second-order valence-electron chi connectivity index (χ2n) is 3.37. The van der Waals surface area contributed by atoms with Crippen LogP contribution in [0.2, 0.25) is 0 Å². The summed E-state index contributed by atoms with van der Waals surface area (Å²) in [5.41, 5.74) is 7.10. The van der Waals surface area contributed by atoms with Crippen molar-refractivity contribution in [3.63, 3.8) is 0 Å². The van der Waals surface area contributed by atoms with Crippen molar-refractivity contribution in [2.75, 3.05) is 0 Å². The second kappa shape index (κ2) is 4.14. The summed E-state index contributed by atoms with van der Waals surface area (Å²) in [6.07, 6.45) is 0.733. The first-order valence-electron chi connectivity index (χ1n) is 4.33. The van der Waals surface area contributed by atoms with Gasteiger partial charge in [0.1, 0.15) is 5.69 Å². The maximum absolute atomic E-state index is 10.4. The molecule has 0 aliphatic rings. The van der Waals surface area contributed by atoms with Crippen molar-refractivity contribution >= 4 is 6.29 Å². The molecule has 0 radical (unpaired) electrons. The summed E-state index contributed by atoms with van der Waals surface area (Å²) < 4.78 is 0. The van der Waals surface area contributed by atoms with Crippen LogP contribution >= 0.6 is 0 Å². The van der Waals surface area contributed by atoms with Crippen LogP contribution in [0.25, 0.3) is 0 Å². The molecule has 0 spiro atoms. The molecule has 0 saturated carbocycles. The highest BCUT2D eigenvalue weighted by molar-refractivity contribution is 5.71. The van der Waals surface area contributed by atoms with Crippen molar-refractivity contribution in [2.45, 2.75) is 19.9 Å². The highest BCUT2D eigenvalue weighted by Crippen LogP contribution is 2.16. The number of hydrogen-bond acceptors (Lipinski definition) is 3. The van der Waals surface area contributed by atoms with Crippen molar-refractivity contribution < 1.29 is 4.79 Å². The summed E-state index contributed by atoms with van der Waals surface area (Å²) in [7, 11) is 0.